The number of amides is 2. The molecule has 152 valence electrons. The maximum absolute atomic E-state index is 12.8. The van der Waals surface area contributed by atoms with E-state index < -0.39 is 5.25 Å². The first-order chi connectivity index (χ1) is 13.9. The molecule has 8 heteroatoms. The summed E-state index contributed by atoms with van der Waals surface area (Å²) in [5.74, 6) is 0.263. The van der Waals surface area contributed by atoms with Crippen molar-refractivity contribution in [2.45, 2.75) is 25.5 Å². The fourth-order valence-electron chi connectivity index (χ4n) is 2.71. The Bertz CT molecular complexity index is 964. The molecular formula is C21H22ClN3O3S. The number of thioether (sulfide) groups is 1. The number of benzene rings is 2. The molecule has 3 rings (SSSR count). The van der Waals surface area contributed by atoms with Crippen molar-refractivity contribution in [2.75, 3.05) is 19.0 Å². The lowest BCUT2D eigenvalue weighted by atomic mass is 10.2. The van der Waals surface area contributed by atoms with Crippen LogP contribution in [-0.2, 0) is 9.59 Å². The highest BCUT2D eigenvalue weighted by atomic mass is 35.5. The summed E-state index contributed by atoms with van der Waals surface area (Å²) < 4.78 is 5.46. The third kappa shape index (κ3) is 5.31. The van der Waals surface area contributed by atoms with Crippen molar-refractivity contribution < 1.29 is 14.3 Å². The number of aryl methyl sites for hydroxylation is 1. The van der Waals surface area contributed by atoms with Crippen LogP contribution in [0.15, 0.2) is 47.5 Å². The van der Waals surface area contributed by atoms with Crippen molar-refractivity contribution in [3.8, 4) is 5.75 Å². The molecular weight excluding hydrogens is 410 g/mol. The second kappa shape index (κ2) is 9.33. The molecule has 0 bridgehead atoms. The Hall–Kier alpha value is -2.51. The Kier molecular flexibility index (Phi) is 6.82. The number of hydrogen-bond donors (Lipinski definition) is 1. The number of hydrogen-bond acceptors (Lipinski definition) is 5. The van der Waals surface area contributed by atoms with Crippen LogP contribution >= 0.6 is 23.4 Å². The van der Waals surface area contributed by atoms with Gasteiger partial charge in [-0.2, -0.15) is 0 Å². The number of carbonyl (C=O) groups is 2. The van der Waals surface area contributed by atoms with E-state index in [1.165, 1.54) is 16.7 Å². The molecule has 0 spiro atoms. The van der Waals surface area contributed by atoms with Crippen LogP contribution in [0.2, 0.25) is 5.02 Å². The van der Waals surface area contributed by atoms with Gasteiger partial charge in [-0.25, -0.2) is 4.99 Å². The molecule has 1 heterocycles. The summed E-state index contributed by atoms with van der Waals surface area (Å²) in [5.41, 5.74) is 2.20. The molecule has 0 aromatic heterocycles. The van der Waals surface area contributed by atoms with E-state index >= 15 is 0 Å². The number of nitrogens with zero attached hydrogens (tertiary/aromatic N) is 2. The van der Waals surface area contributed by atoms with E-state index in [0.717, 1.165) is 5.56 Å². The third-order valence-corrected chi connectivity index (χ3v) is 6.00. The summed E-state index contributed by atoms with van der Waals surface area (Å²) >= 11 is 7.43. The molecule has 6 nitrogen and oxygen atoms in total. The number of carbonyl (C=O) groups excluding carboxylic acids is 2. The minimum absolute atomic E-state index is 0.103. The molecule has 2 aromatic carbocycles. The molecule has 0 unspecified atom stereocenters. The van der Waals surface area contributed by atoms with E-state index in [0.29, 0.717) is 33.9 Å². The maximum Gasteiger partial charge on any atom is 0.238 e. The van der Waals surface area contributed by atoms with Gasteiger partial charge in [0.05, 0.1) is 12.3 Å². The van der Waals surface area contributed by atoms with E-state index in [1.807, 2.05) is 38.1 Å². The van der Waals surface area contributed by atoms with Gasteiger partial charge in [0, 0.05) is 30.2 Å². The first kappa shape index (κ1) is 21.2. The van der Waals surface area contributed by atoms with Crippen molar-refractivity contribution in [1.82, 2.24) is 4.90 Å². The lowest BCUT2D eigenvalue weighted by Crippen LogP contribution is -2.43. The van der Waals surface area contributed by atoms with Crippen molar-refractivity contribution in [3.63, 3.8) is 0 Å². The minimum atomic E-state index is -0.575. The summed E-state index contributed by atoms with van der Waals surface area (Å²) in [6.07, 6.45) is 0.103. The van der Waals surface area contributed by atoms with Crippen LogP contribution in [0.1, 0.15) is 18.9 Å². The predicted molar refractivity (Wildman–Crippen MR) is 118 cm³/mol. The Balaban J connectivity index is 1.77. The monoisotopic (exact) mass is 431 g/mol. The van der Waals surface area contributed by atoms with Crippen molar-refractivity contribution in [3.05, 3.63) is 53.1 Å². The molecule has 1 N–H and O–H groups in total. The van der Waals surface area contributed by atoms with E-state index in [4.69, 9.17) is 16.3 Å². The summed E-state index contributed by atoms with van der Waals surface area (Å²) in [6, 6.07) is 12.6. The molecule has 0 aliphatic carbocycles. The largest absolute Gasteiger partial charge is 0.494 e. The van der Waals surface area contributed by atoms with E-state index in [9.17, 15) is 9.59 Å². The van der Waals surface area contributed by atoms with Crippen molar-refractivity contribution in [2.24, 2.45) is 4.99 Å². The summed E-state index contributed by atoms with van der Waals surface area (Å²) in [4.78, 5) is 31.2. The molecule has 1 fully saturated rings. The smallest absolute Gasteiger partial charge is 0.238 e. The van der Waals surface area contributed by atoms with Crippen LogP contribution in [-0.4, -0.2) is 40.8 Å². The van der Waals surface area contributed by atoms with Crippen LogP contribution in [0.3, 0.4) is 0 Å². The second-order valence-electron chi connectivity index (χ2n) is 6.54. The van der Waals surface area contributed by atoms with Gasteiger partial charge in [0.2, 0.25) is 11.8 Å². The highest BCUT2D eigenvalue weighted by molar-refractivity contribution is 8.15. The Labute approximate surface area is 179 Å². The minimum Gasteiger partial charge on any atom is -0.494 e. The molecule has 1 saturated heterocycles. The summed E-state index contributed by atoms with van der Waals surface area (Å²) in [6.45, 7) is 4.35. The quantitative estimate of drug-likeness (QED) is 0.748. The zero-order valence-corrected chi connectivity index (χ0v) is 18.0. The second-order valence-corrected chi connectivity index (χ2v) is 8.12. The average molecular weight is 432 g/mol. The Morgan fingerprint density at radius 1 is 1.34 bits per heavy atom. The third-order valence-electron chi connectivity index (χ3n) is 4.35. The highest BCUT2D eigenvalue weighted by Crippen LogP contribution is 2.30. The van der Waals surface area contributed by atoms with Gasteiger partial charge in [0.25, 0.3) is 0 Å². The van der Waals surface area contributed by atoms with Gasteiger partial charge >= 0.3 is 0 Å². The van der Waals surface area contributed by atoms with Crippen molar-refractivity contribution >= 4 is 51.7 Å². The van der Waals surface area contributed by atoms with Crippen LogP contribution in [0.25, 0.3) is 0 Å². The normalized spacial score (nSPS) is 18.1. The van der Waals surface area contributed by atoms with Gasteiger partial charge < -0.3 is 10.1 Å². The van der Waals surface area contributed by atoms with Crippen LogP contribution in [0.4, 0.5) is 11.4 Å². The zero-order valence-electron chi connectivity index (χ0n) is 16.4. The topological polar surface area (TPSA) is 71.0 Å². The van der Waals surface area contributed by atoms with Crippen LogP contribution in [0, 0.1) is 6.92 Å². The maximum atomic E-state index is 12.8. The molecule has 1 aliphatic heterocycles. The lowest BCUT2D eigenvalue weighted by molar-refractivity contribution is -0.128. The molecule has 1 atom stereocenters. The number of ether oxygens (including phenoxy) is 1. The lowest BCUT2D eigenvalue weighted by Gasteiger charge is -2.28. The molecule has 2 amide bonds. The summed E-state index contributed by atoms with van der Waals surface area (Å²) in [7, 11) is 1.66. The fraction of sp³-hybridized carbons (Fsp3) is 0.286. The average Bonchev–Trinajstić information content (AvgIpc) is 2.68. The number of rotatable bonds is 5. The molecule has 1 aliphatic rings. The standard InChI is InChI=1S/C21H22ClN3O3S/c1-4-28-16-7-5-6-14(10-16)23-20(27)18-12-19(26)25(3)21(29-18)24-15-9-8-13(2)17(22)11-15/h5-11,18H,4,12H2,1-3H3,(H,23,27)/t18-/m0/s1. The molecule has 29 heavy (non-hydrogen) atoms. The van der Waals surface area contributed by atoms with Gasteiger partial charge in [-0.1, -0.05) is 35.5 Å². The van der Waals surface area contributed by atoms with Crippen LogP contribution < -0.4 is 10.1 Å². The van der Waals surface area contributed by atoms with Gasteiger partial charge in [0.1, 0.15) is 11.0 Å². The molecule has 0 radical (unpaired) electrons. The van der Waals surface area contributed by atoms with Crippen molar-refractivity contribution in [1.29, 1.82) is 0 Å². The number of amidine groups is 1. The van der Waals surface area contributed by atoms with E-state index in [1.54, 1.807) is 25.2 Å². The number of halogens is 1. The fourth-order valence-corrected chi connectivity index (χ4v) is 3.95. The Morgan fingerprint density at radius 2 is 2.14 bits per heavy atom. The van der Waals surface area contributed by atoms with E-state index in [-0.39, 0.29) is 18.2 Å². The van der Waals surface area contributed by atoms with E-state index in [2.05, 4.69) is 10.3 Å². The number of aliphatic imine (C=N–C) groups is 1. The van der Waals surface area contributed by atoms with Gasteiger partial charge in [0.15, 0.2) is 5.17 Å². The van der Waals surface area contributed by atoms with Gasteiger partial charge in [-0.15, -0.1) is 0 Å². The molecule has 2 aromatic rings. The van der Waals surface area contributed by atoms with Gasteiger partial charge in [-0.05, 0) is 43.7 Å². The first-order valence-corrected chi connectivity index (χ1v) is 10.4. The first-order valence-electron chi connectivity index (χ1n) is 9.19. The molecule has 0 saturated carbocycles. The predicted octanol–water partition coefficient (Wildman–Crippen LogP) is 4.64. The zero-order chi connectivity index (χ0) is 21.0. The number of nitrogens with one attached hydrogen (secondary N) is 1. The van der Waals surface area contributed by atoms with Crippen LogP contribution in [0.5, 0.6) is 5.75 Å². The SMILES string of the molecule is CCOc1cccc(NC(=O)[C@@H]2CC(=O)N(C)C(=Nc3ccc(C)c(Cl)c3)S2)c1. The summed E-state index contributed by atoms with van der Waals surface area (Å²) in [5, 5.41) is 3.35. The highest BCUT2D eigenvalue weighted by Gasteiger charge is 2.34. The number of anilines is 1. The Morgan fingerprint density at radius 3 is 2.86 bits per heavy atom. The van der Waals surface area contributed by atoms with Gasteiger partial charge in [-0.3, -0.25) is 14.5 Å².